The number of nitrogens with zero attached hydrogens (tertiary/aromatic N) is 2. The zero-order chi connectivity index (χ0) is 28.4. The Hall–Kier alpha value is -3.71. The number of esters is 1. The number of ether oxygens (including phenoxy) is 1. The molecule has 0 aliphatic heterocycles. The van der Waals surface area contributed by atoms with Gasteiger partial charge in [-0.3, -0.25) is 24.0 Å². The third kappa shape index (κ3) is 3.48. The van der Waals surface area contributed by atoms with Crippen molar-refractivity contribution < 1.29 is 48.2 Å². The number of Topliss-reactive ketones (excluding diaryl/α,β-unsaturated/α-hetero) is 2. The van der Waals surface area contributed by atoms with Gasteiger partial charge in [0.15, 0.2) is 29.4 Å². The van der Waals surface area contributed by atoms with Crippen LogP contribution < -0.4 is 0 Å². The first-order valence-corrected chi connectivity index (χ1v) is 12.0. The van der Waals surface area contributed by atoms with Gasteiger partial charge in [0, 0.05) is 30.3 Å². The lowest BCUT2D eigenvalue weighted by Crippen LogP contribution is -2.71. The highest BCUT2D eigenvalue weighted by Gasteiger charge is 2.79. The molecule has 4 aliphatic rings. The van der Waals surface area contributed by atoms with Gasteiger partial charge in [0.05, 0.1) is 5.41 Å². The molecule has 3 fully saturated rings. The molecule has 0 bridgehead atoms. The summed E-state index contributed by atoms with van der Waals surface area (Å²) in [6.45, 7) is 4.42. The molecule has 0 radical (unpaired) electrons. The van der Waals surface area contributed by atoms with Crippen LogP contribution in [-0.4, -0.2) is 57.5 Å². The van der Waals surface area contributed by atoms with Crippen LogP contribution in [0.1, 0.15) is 47.0 Å². The number of rotatable bonds is 7. The van der Waals surface area contributed by atoms with Gasteiger partial charge in [-0.25, -0.2) is 4.39 Å². The molecule has 8 atom stereocenters. The summed E-state index contributed by atoms with van der Waals surface area (Å²) in [7, 11) is 0. The smallest absolute Gasteiger partial charge is 0.303 e. The van der Waals surface area contributed by atoms with Gasteiger partial charge in [-0.2, -0.15) is 0 Å². The molecule has 4 aliphatic carbocycles. The van der Waals surface area contributed by atoms with Crippen molar-refractivity contribution in [2.45, 2.75) is 64.3 Å². The van der Waals surface area contributed by atoms with E-state index >= 15 is 4.39 Å². The van der Waals surface area contributed by atoms with Gasteiger partial charge in [0.1, 0.15) is 6.10 Å². The van der Waals surface area contributed by atoms with Crippen LogP contribution in [0.2, 0.25) is 0 Å². The lowest BCUT2D eigenvalue weighted by Gasteiger charge is -2.62. The Morgan fingerprint density at radius 1 is 1.16 bits per heavy atom. The molecular weight excluding hydrogens is 511 g/mol. The number of hydrogen-bond acceptors (Lipinski definition) is 11. The maximum atomic E-state index is 17.7. The van der Waals surface area contributed by atoms with Gasteiger partial charge in [-0.1, -0.05) is 19.9 Å². The largest absolute Gasteiger partial charge is 0.458 e. The molecule has 38 heavy (non-hydrogen) atoms. The Morgan fingerprint density at radius 3 is 2.39 bits per heavy atom. The normalized spacial score (nSPS) is 41.2. The van der Waals surface area contributed by atoms with Crippen molar-refractivity contribution in [2.75, 3.05) is 6.61 Å². The Bertz CT molecular complexity index is 1220. The second kappa shape index (κ2) is 8.67. The highest BCUT2D eigenvalue weighted by Crippen LogP contribution is 2.71. The van der Waals surface area contributed by atoms with Crippen LogP contribution in [0.5, 0.6) is 0 Å². The second-order valence-corrected chi connectivity index (χ2v) is 10.9. The van der Waals surface area contributed by atoms with Gasteiger partial charge in [-0.05, 0) is 43.8 Å². The van der Waals surface area contributed by atoms with E-state index in [0.29, 0.717) is 0 Å². The minimum absolute atomic E-state index is 0.0112. The highest BCUT2D eigenvalue weighted by molar-refractivity contribution is 6.10. The molecule has 3 saturated carbocycles. The van der Waals surface area contributed by atoms with Gasteiger partial charge < -0.3 is 9.57 Å². The first kappa shape index (κ1) is 27.3. The lowest BCUT2D eigenvalue weighted by molar-refractivity contribution is -0.786. The van der Waals surface area contributed by atoms with E-state index in [4.69, 9.17) is 14.4 Å². The van der Waals surface area contributed by atoms with Gasteiger partial charge in [-0.15, -0.1) is 20.2 Å². The van der Waals surface area contributed by atoms with Crippen LogP contribution in [0.15, 0.2) is 23.8 Å². The zero-order valence-electron chi connectivity index (χ0n) is 21.1. The number of carbonyl (C=O) groups excluding carboxylic acids is 4. The van der Waals surface area contributed by atoms with Crippen molar-refractivity contribution in [3.05, 3.63) is 44.0 Å². The van der Waals surface area contributed by atoms with Crippen LogP contribution in [0.25, 0.3) is 0 Å². The number of ketones is 3. The third-order valence-electron chi connectivity index (χ3n) is 9.25. The summed E-state index contributed by atoms with van der Waals surface area (Å²) >= 11 is 0. The van der Waals surface area contributed by atoms with Crippen LogP contribution in [0.3, 0.4) is 0 Å². The van der Waals surface area contributed by atoms with E-state index in [9.17, 15) is 39.4 Å². The number of halogens is 1. The van der Waals surface area contributed by atoms with Crippen molar-refractivity contribution in [2.24, 2.45) is 28.6 Å². The molecule has 206 valence electrons. The Balaban J connectivity index is 1.93. The molecule has 0 aromatic rings. The van der Waals surface area contributed by atoms with Crippen molar-refractivity contribution in [1.29, 1.82) is 0 Å². The molecule has 0 aromatic carbocycles. The van der Waals surface area contributed by atoms with E-state index in [1.54, 1.807) is 0 Å². The average molecular weight is 538 g/mol. The van der Waals surface area contributed by atoms with Crippen molar-refractivity contribution >= 4 is 23.3 Å². The number of carbonyl (C=O) groups is 4. The topological polar surface area (TPSA) is 182 Å². The van der Waals surface area contributed by atoms with Crippen molar-refractivity contribution in [3.8, 4) is 0 Å². The highest BCUT2D eigenvalue weighted by atomic mass is 19.1. The second-order valence-electron chi connectivity index (χ2n) is 10.9. The van der Waals surface area contributed by atoms with Gasteiger partial charge >= 0.3 is 5.97 Å². The fraction of sp³-hybridized carbons (Fsp3) is 0.667. The Labute approximate surface area is 215 Å². The minimum Gasteiger partial charge on any atom is -0.458 e. The molecule has 0 aromatic heterocycles. The van der Waals surface area contributed by atoms with Crippen LogP contribution >= 0.6 is 0 Å². The molecule has 0 saturated heterocycles. The predicted octanol–water partition coefficient (Wildman–Crippen LogP) is 2.08. The Kier molecular flexibility index (Phi) is 6.23. The van der Waals surface area contributed by atoms with Gasteiger partial charge in [0.25, 0.3) is 10.2 Å². The van der Waals surface area contributed by atoms with Crippen LogP contribution in [0.4, 0.5) is 4.39 Å². The molecule has 0 spiro atoms. The maximum absolute atomic E-state index is 17.7. The first-order chi connectivity index (χ1) is 17.5. The zero-order valence-corrected chi connectivity index (χ0v) is 21.1. The Morgan fingerprint density at radius 2 is 1.82 bits per heavy atom. The van der Waals surface area contributed by atoms with E-state index in [1.165, 1.54) is 26.8 Å². The average Bonchev–Trinajstić information content (AvgIpc) is 3.02. The molecule has 4 rings (SSSR count). The molecule has 14 heteroatoms. The van der Waals surface area contributed by atoms with E-state index < -0.39 is 98.9 Å². The monoisotopic (exact) mass is 538 g/mol. The van der Waals surface area contributed by atoms with Crippen LogP contribution in [-0.2, 0) is 33.6 Å². The molecular formula is C24H27FN2O11. The summed E-state index contributed by atoms with van der Waals surface area (Å²) < 4.78 is 22.5. The summed E-state index contributed by atoms with van der Waals surface area (Å²) in [5.41, 5.74) is -8.47. The molecule has 0 unspecified atom stereocenters. The van der Waals surface area contributed by atoms with Gasteiger partial charge in [0.2, 0.25) is 5.78 Å². The number of fused-ring (bicyclic) bond motifs is 5. The summed E-state index contributed by atoms with van der Waals surface area (Å²) in [6.07, 6.45) is 0.338. The maximum Gasteiger partial charge on any atom is 0.303 e. The fourth-order valence-corrected chi connectivity index (χ4v) is 7.77. The predicted molar refractivity (Wildman–Crippen MR) is 122 cm³/mol. The summed E-state index contributed by atoms with van der Waals surface area (Å²) in [5.74, 6) is -6.03. The lowest BCUT2D eigenvalue weighted by atomic mass is 9.44. The quantitative estimate of drug-likeness (QED) is 0.263. The van der Waals surface area contributed by atoms with Crippen molar-refractivity contribution in [1.82, 2.24) is 0 Å². The molecule has 0 N–H and O–H groups in total. The first-order valence-electron chi connectivity index (χ1n) is 12.0. The molecule has 0 amide bonds. The van der Waals surface area contributed by atoms with E-state index in [-0.39, 0.29) is 12.0 Å². The minimum atomic E-state index is -2.61. The number of alkyl halides is 1. The van der Waals surface area contributed by atoms with E-state index in [2.05, 4.69) is 0 Å². The third-order valence-corrected chi connectivity index (χ3v) is 9.25. The summed E-state index contributed by atoms with van der Waals surface area (Å²) in [4.78, 5) is 83.5. The van der Waals surface area contributed by atoms with Crippen LogP contribution in [0, 0.1) is 48.8 Å². The SMILES string of the molecule is CC(=O)OCC(=O)[C@@]1(O[N+](=O)[O-])[C@@H](C)C[C@H]2[C@@H]3CC(=O)C4=CC(=O)C=C[C@]4(C)[C@@]3(F)[C@@H](O[N+](=O)[O-])C[C@@]21C. The summed E-state index contributed by atoms with van der Waals surface area (Å²) in [5, 5.41) is 20.9. The molecule has 0 heterocycles. The molecule has 13 nitrogen and oxygen atoms in total. The van der Waals surface area contributed by atoms with E-state index in [0.717, 1.165) is 19.1 Å². The van der Waals surface area contributed by atoms with Crippen molar-refractivity contribution in [3.63, 3.8) is 0 Å². The number of allylic oxidation sites excluding steroid dienone is 4. The number of hydrogen-bond donors (Lipinski definition) is 0. The van der Waals surface area contributed by atoms with E-state index in [1.807, 2.05) is 0 Å². The fourth-order valence-electron chi connectivity index (χ4n) is 7.77. The standard InChI is InChI=1S/C24H27FN2O11/c1-12-7-15-16-9-18(30)17-8-14(29)5-6-21(17,3)23(16,25)20(37-26(32)33)10-22(15,4)24(12,38-27(34)35)19(31)11-36-13(2)28/h5-6,8,12,15-16,20H,7,9-11H2,1-4H3/t12-,15-,16-,20-,21-,22-,23-,24-/m0/s1. The summed E-state index contributed by atoms with van der Waals surface area (Å²) in [6, 6.07) is 0.